The average molecular weight is 229 g/mol. The van der Waals surface area contributed by atoms with Gasteiger partial charge in [-0.1, -0.05) is 0 Å². The lowest BCUT2D eigenvalue weighted by atomic mass is 10.1. The van der Waals surface area contributed by atoms with Crippen molar-refractivity contribution in [3.05, 3.63) is 0 Å². The highest BCUT2D eigenvalue weighted by atomic mass is 16.5. The fraction of sp³-hybridized carbons (Fsp3) is 0.909. The molecule has 0 aromatic heterocycles. The molecule has 1 amide bonds. The van der Waals surface area contributed by atoms with Crippen LogP contribution in [0.15, 0.2) is 0 Å². The Bertz CT molecular complexity index is 205. The van der Waals surface area contributed by atoms with Crippen molar-refractivity contribution in [3.63, 3.8) is 0 Å². The Morgan fingerprint density at radius 3 is 2.81 bits per heavy atom. The Balaban J connectivity index is 2.16. The molecule has 0 saturated carbocycles. The van der Waals surface area contributed by atoms with Gasteiger partial charge in [-0.25, -0.2) is 0 Å². The van der Waals surface area contributed by atoms with Crippen molar-refractivity contribution in [2.75, 3.05) is 33.4 Å². The van der Waals surface area contributed by atoms with Crippen LogP contribution >= 0.6 is 0 Å². The number of ether oxygens (including phenoxy) is 1. The van der Waals surface area contributed by atoms with Crippen molar-refractivity contribution in [1.82, 2.24) is 16.0 Å². The van der Waals surface area contributed by atoms with Crippen LogP contribution in [0.5, 0.6) is 0 Å². The third-order valence-corrected chi connectivity index (χ3v) is 2.82. The molecule has 1 saturated heterocycles. The fourth-order valence-electron chi connectivity index (χ4n) is 1.85. The largest absolute Gasteiger partial charge is 0.383 e. The van der Waals surface area contributed by atoms with Crippen LogP contribution in [0.4, 0.5) is 0 Å². The van der Waals surface area contributed by atoms with Crippen LogP contribution in [-0.2, 0) is 9.53 Å². The van der Waals surface area contributed by atoms with Crippen molar-refractivity contribution in [1.29, 1.82) is 0 Å². The minimum atomic E-state index is -0.125. The van der Waals surface area contributed by atoms with Crippen molar-refractivity contribution < 1.29 is 9.53 Å². The first kappa shape index (κ1) is 13.4. The predicted molar refractivity (Wildman–Crippen MR) is 63.4 cm³/mol. The second-order valence-electron chi connectivity index (χ2n) is 4.20. The Morgan fingerprint density at radius 2 is 2.19 bits per heavy atom. The van der Waals surface area contributed by atoms with Crippen LogP contribution in [0.1, 0.15) is 19.8 Å². The third kappa shape index (κ3) is 4.92. The smallest absolute Gasteiger partial charge is 0.236 e. The molecule has 16 heavy (non-hydrogen) atoms. The third-order valence-electron chi connectivity index (χ3n) is 2.82. The molecule has 1 fully saturated rings. The Kier molecular flexibility index (Phi) is 6.37. The second kappa shape index (κ2) is 7.60. The molecule has 1 aliphatic heterocycles. The van der Waals surface area contributed by atoms with E-state index >= 15 is 0 Å². The van der Waals surface area contributed by atoms with Gasteiger partial charge in [0.05, 0.1) is 12.6 Å². The Morgan fingerprint density at radius 1 is 1.50 bits per heavy atom. The van der Waals surface area contributed by atoms with E-state index in [1.54, 1.807) is 7.11 Å². The molecule has 0 aliphatic carbocycles. The zero-order valence-corrected chi connectivity index (χ0v) is 10.2. The number of amides is 1. The molecule has 0 aromatic carbocycles. The maximum Gasteiger partial charge on any atom is 0.236 e. The summed E-state index contributed by atoms with van der Waals surface area (Å²) in [6.45, 7) is 5.12. The standard InChI is InChI=1S/C11H23N3O2/c1-9(11(15)13-7-8-16-2)14-10-3-5-12-6-4-10/h9-10,12,14H,3-8H2,1-2H3,(H,13,15). The summed E-state index contributed by atoms with van der Waals surface area (Å²) in [5.74, 6) is 0.0515. The molecule has 3 N–H and O–H groups in total. The van der Waals surface area contributed by atoms with Crippen molar-refractivity contribution in [2.24, 2.45) is 0 Å². The molecule has 5 heteroatoms. The van der Waals surface area contributed by atoms with Gasteiger partial charge in [-0.3, -0.25) is 4.79 Å². The highest BCUT2D eigenvalue weighted by Crippen LogP contribution is 2.03. The zero-order valence-electron chi connectivity index (χ0n) is 10.2. The summed E-state index contributed by atoms with van der Waals surface area (Å²) >= 11 is 0. The van der Waals surface area contributed by atoms with E-state index < -0.39 is 0 Å². The van der Waals surface area contributed by atoms with Crippen LogP contribution in [0.2, 0.25) is 0 Å². The molecule has 1 aliphatic rings. The fourth-order valence-corrected chi connectivity index (χ4v) is 1.85. The second-order valence-corrected chi connectivity index (χ2v) is 4.20. The molecule has 1 heterocycles. The number of carbonyl (C=O) groups is 1. The van der Waals surface area contributed by atoms with Crippen LogP contribution in [0, 0.1) is 0 Å². The summed E-state index contributed by atoms with van der Waals surface area (Å²) in [5.41, 5.74) is 0. The van der Waals surface area contributed by atoms with E-state index in [2.05, 4.69) is 16.0 Å². The molecule has 0 bridgehead atoms. The lowest BCUT2D eigenvalue weighted by molar-refractivity contribution is -0.123. The lowest BCUT2D eigenvalue weighted by Crippen LogP contribution is -2.50. The number of hydrogen-bond acceptors (Lipinski definition) is 4. The summed E-state index contributed by atoms with van der Waals surface area (Å²) in [7, 11) is 1.63. The van der Waals surface area contributed by atoms with Crippen LogP contribution in [0.25, 0.3) is 0 Å². The molecule has 1 unspecified atom stereocenters. The Hall–Kier alpha value is -0.650. The first-order valence-electron chi connectivity index (χ1n) is 5.97. The molecule has 5 nitrogen and oxygen atoms in total. The normalized spacial score (nSPS) is 19.4. The SMILES string of the molecule is COCCNC(=O)C(C)NC1CCNCC1. The summed E-state index contributed by atoms with van der Waals surface area (Å²) in [5, 5.41) is 9.49. The van der Waals surface area contributed by atoms with Gasteiger partial charge >= 0.3 is 0 Å². The first-order chi connectivity index (χ1) is 7.74. The summed E-state index contributed by atoms with van der Waals surface area (Å²) in [6.07, 6.45) is 2.19. The van der Waals surface area contributed by atoms with Gasteiger partial charge in [-0.2, -0.15) is 0 Å². The Labute approximate surface area is 97.3 Å². The van der Waals surface area contributed by atoms with Gasteiger partial charge in [0.25, 0.3) is 0 Å². The van der Waals surface area contributed by atoms with Crippen molar-refractivity contribution in [3.8, 4) is 0 Å². The first-order valence-corrected chi connectivity index (χ1v) is 5.97. The predicted octanol–water partition coefficient (Wildman–Crippen LogP) is -0.521. The summed E-state index contributed by atoms with van der Waals surface area (Å²) < 4.78 is 4.88. The van der Waals surface area contributed by atoms with Gasteiger partial charge in [0.1, 0.15) is 0 Å². The maximum absolute atomic E-state index is 11.6. The highest BCUT2D eigenvalue weighted by molar-refractivity contribution is 5.81. The van der Waals surface area contributed by atoms with Gasteiger partial charge in [-0.05, 0) is 32.9 Å². The number of hydrogen-bond donors (Lipinski definition) is 3. The van der Waals surface area contributed by atoms with Crippen LogP contribution in [-0.4, -0.2) is 51.3 Å². The number of rotatable bonds is 6. The molecule has 94 valence electrons. The molecule has 0 radical (unpaired) electrons. The minimum absolute atomic E-state index is 0.0515. The van der Waals surface area contributed by atoms with Gasteiger partial charge in [-0.15, -0.1) is 0 Å². The van der Waals surface area contributed by atoms with Crippen LogP contribution < -0.4 is 16.0 Å². The number of carbonyl (C=O) groups excluding carboxylic acids is 1. The number of piperidine rings is 1. The lowest BCUT2D eigenvalue weighted by Gasteiger charge is -2.26. The zero-order chi connectivity index (χ0) is 11.8. The average Bonchev–Trinajstić information content (AvgIpc) is 2.30. The van der Waals surface area contributed by atoms with E-state index in [9.17, 15) is 4.79 Å². The monoisotopic (exact) mass is 229 g/mol. The molecule has 1 rings (SSSR count). The molecular weight excluding hydrogens is 206 g/mol. The van der Waals surface area contributed by atoms with E-state index in [4.69, 9.17) is 4.74 Å². The number of methoxy groups -OCH3 is 1. The topological polar surface area (TPSA) is 62.4 Å². The van der Waals surface area contributed by atoms with Gasteiger partial charge < -0.3 is 20.7 Å². The quantitative estimate of drug-likeness (QED) is 0.536. The maximum atomic E-state index is 11.6. The molecular formula is C11H23N3O2. The van der Waals surface area contributed by atoms with Gasteiger partial charge in [0, 0.05) is 19.7 Å². The van der Waals surface area contributed by atoms with E-state index in [0.717, 1.165) is 25.9 Å². The molecule has 0 aromatic rings. The van der Waals surface area contributed by atoms with E-state index in [-0.39, 0.29) is 11.9 Å². The van der Waals surface area contributed by atoms with Crippen LogP contribution in [0.3, 0.4) is 0 Å². The summed E-state index contributed by atoms with van der Waals surface area (Å²) in [6, 6.07) is 0.337. The van der Waals surface area contributed by atoms with Gasteiger partial charge in [0.2, 0.25) is 5.91 Å². The molecule has 0 spiro atoms. The minimum Gasteiger partial charge on any atom is -0.383 e. The van der Waals surface area contributed by atoms with Crippen molar-refractivity contribution >= 4 is 5.91 Å². The van der Waals surface area contributed by atoms with E-state index in [1.165, 1.54) is 0 Å². The van der Waals surface area contributed by atoms with E-state index in [1.807, 2.05) is 6.92 Å². The van der Waals surface area contributed by atoms with Gasteiger partial charge in [0.15, 0.2) is 0 Å². The summed E-state index contributed by atoms with van der Waals surface area (Å²) in [4.78, 5) is 11.6. The van der Waals surface area contributed by atoms with E-state index in [0.29, 0.717) is 19.2 Å². The highest BCUT2D eigenvalue weighted by Gasteiger charge is 2.18. The molecule has 1 atom stereocenters. The van der Waals surface area contributed by atoms with Crippen molar-refractivity contribution in [2.45, 2.75) is 31.8 Å². The number of nitrogens with one attached hydrogen (secondary N) is 3.